The van der Waals surface area contributed by atoms with E-state index < -0.39 is 0 Å². The van der Waals surface area contributed by atoms with E-state index in [2.05, 4.69) is 36.4 Å². The Balaban J connectivity index is 0.00000144. The van der Waals surface area contributed by atoms with E-state index in [4.69, 9.17) is 15.0 Å². The molecule has 0 aliphatic rings. The van der Waals surface area contributed by atoms with E-state index >= 15 is 0 Å². The molecule has 5 rings (SSSR count). The predicted octanol–water partition coefficient (Wildman–Crippen LogP) is 1.67. The first-order valence-corrected chi connectivity index (χ1v) is 10.7. The summed E-state index contributed by atoms with van der Waals surface area (Å²) in [5.41, 5.74) is 5.36. The average Bonchev–Trinajstić information content (AvgIpc) is 2.84. The number of aromatic nitrogens is 1. The molecule has 0 spiro atoms. The Hall–Kier alpha value is -3.01. The summed E-state index contributed by atoms with van der Waals surface area (Å²) in [4.78, 5) is 14.7. The third-order valence-corrected chi connectivity index (χ3v) is 5.60. The van der Waals surface area contributed by atoms with Crippen LogP contribution in [0.25, 0.3) is 21.5 Å². The maximum Gasteiger partial charge on any atom is 2.00 e. The van der Waals surface area contributed by atoms with Gasteiger partial charge in [0.05, 0.1) is 34.2 Å². The normalized spacial score (nSPS) is 11.4. The fourth-order valence-corrected chi connectivity index (χ4v) is 3.93. The van der Waals surface area contributed by atoms with Gasteiger partial charge in [-0.1, -0.05) is 78.9 Å². The van der Waals surface area contributed by atoms with Crippen LogP contribution < -0.4 is 24.8 Å². The molecule has 0 aliphatic heterocycles. The molecular weight excluding hydrogens is 517 g/mol. The first-order valence-electron chi connectivity index (χ1n) is 10.7. The van der Waals surface area contributed by atoms with Crippen LogP contribution in [0, 0.1) is 0 Å². The number of hydrogen-bond acceptors (Lipinski definition) is 3. The first-order chi connectivity index (χ1) is 15.7. The Morgan fingerprint density at radius 2 is 0.886 bits per heavy atom. The van der Waals surface area contributed by atoms with Gasteiger partial charge >= 0.3 is 17.1 Å². The SMILES string of the molecule is C/C(=N\c1cccc2ccccc12)c1cccc(/C(C)=N/c2cccc3ccccc23)n1.[Cl-].[Cl-].[Fe+2]. The van der Waals surface area contributed by atoms with Crippen molar-refractivity contribution in [2.75, 3.05) is 0 Å². The molecule has 0 aliphatic carbocycles. The molecule has 0 fully saturated rings. The Bertz CT molecular complexity index is 1390. The second-order valence-corrected chi connectivity index (χ2v) is 7.80. The van der Waals surface area contributed by atoms with Crippen molar-refractivity contribution in [2.45, 2.75) is 13.8 Å². The van der Waals surface area contributed by atoms with Gasteiger partial charge in [-0.2, -0.15) is 0 Å². The number of hydrogen-bond donors (Lipinski definition) is 0. The number of fused-ring (bicyclic) bond motifs is 2. The molecule has 176 valence electrons. The van der Waals surface area contributed by atoms with E-state index in [0.29, 0.717) is 0 Å². The second kappa shape index (κ2) is 12.6. The molecule has 5 aromatic rings. The number of aliphatic imine (C=N–C) groups is 2. The zero-order valence-electron chi connectivity index (χ0n) is 19.3. The minimum Gasteiger partial charge on any atom is -1.00 e. The number of halogens is 2. The van der Waals surface area contributed by atoms with Crippen LogP contribution in [0.4, 0.5) is 11.4 Å². The predicted molar refractivity (Wildman–Crippen MR) is 136 cm³/mol. The summed E-state index contributed by atoms with van der Waals surface area (Å²) in [6.07, 6.45) is 0. The number of benzene rings is 4. The number of nitrogens with zero attached hydrogens (tertiary/aromatic N) is 3. The Morgan fingerprint density at radius 1 is 0.514 bits per heavy atom. The molecule has 0 amide bonds. The van der Waals surface area contributed by atoms with Crippen molar-refractivity contribution < 1.29 is 41.9 Å². The van der Waals surface area contributed by atoms with E-state index in [-0.39, 0.29) is 41.9 Å². The van der Waals surface area contributed by atoms with E-state index in [1.54, 1.807) is 0 Å². The fourth-order valence-electron chi connectivity index (χ4n) is 3.93. The van der Waals surface area contributed by atoms with E-state index in [0.717, 1.165) is 45.0 Å². The summed E-state index contributed by atoms with van der Waals surface area (Å²) in [7, 11) is 0. The van der Waals surface area contributed by atoms with Crippen LogP contribution in [0.1, 0.15) is 25.2 Å². The number of rotatable bonds is 4. The molecular formula is C29H23Cl2FeN3. The van der Waals surface area contributed by atoms with Crippen LogP contribution in [0.3, 0.4) is 0 Å². The van der Waals surface area contributed by atoms with Crippen LogP contribution in [-0.4, -0.2) is 16.4 Å². The molecule has 0 radical (unpaired) electrons. The van der Waals surface area contributed by atoms with Gasteiger partial charge in [0.25, 0.3) is 0 Å². The average molecular weight is 540 g/mol. The van der Waals surface area contributed by atoms with Gasteiger partial charge in [0, 0.05) is 10.8 Å². The molecule has 0 bridgehead atoms. The summed E-state index contributed by atoms with van der Waals surface area (Å²) in [6.45, 7) is 4.01. The maximum absolute atomic E-state index is 4.90. The molecule has 0 N–H and O–H groups in total. The van der Waals surface area contributed by atoms with Gasteiger partial charge in [-0.15, -0.1) is 0 Å². The van der Waals surface area contributed by atoms with E-state index in [9.17, 15) is 0 Å². The molecule has 1 aromatic heterocycles. The van der Waals surface area contributed by atoms with Gasteiger partial charge in [-0.25, -0.2) is 4.98 Å². The summed E-state index contributed by atoms with van der Waals surface area (Å²) >= 11 is 0. The van der Waals surface area contributed by atoms with Crippen molar-refractivity contribution in [3.8, 4) is 0 Å². The van der Waals surface area contributed by atoms with Crippen LogP contribution in [0.5, 0.6) is 0 Å². The van der Waals surface area contributed by atoms with E-state index in [1.165, 1.54) is 10.8 Å². The molecule has 0 saturated carbocycles. The molecule has 4 aromatic carbocycles. The van der Waals surface area contributed by atoms with Crippen LogP contribution in [0.15, 0.2) is 113 Å². The molecule has 0 atom stereocenters. The zero-order valence-corrected chi connectivity index (χ0v) is 21.9. The summed E-state index contributed by atoms with van der Waals surface area (Å²) in [6, 6.07) is 35.0. The van der Waals surface area contributed by atoms with Gasteiger partial charge in [-0.05, 0) is 48.9 Å². The Kier molecular flexibility index (Phi) is 10.2. The van der Waals surface area contributed by atoms with Gasteiger partial charge in [0.2, 0.25) is 0 Å². The van der Waals surface area contributed by atoms with Gasteiger partial charge in [0.15, 0.2) is 0 Å². The fraction of sp³-hybridized carbons (Fsp3) is 0.0690. The summed E-state index contributed by atoms with van der Waals surface area (Å²) in [5, 5.41) is 4.64. The van der Waals surface area contributed by atoms with Crippen molar-refractivity contribution in [3.63, 3.8) is 0 Å². The standard InChI is InChI=1S/C29H23N3.2ClH.Fe/c1-20(30-28-18-7-12-22-10-3-5-14-24(22)28)26-16-9-17-27(32-26)21(2)31-29-19-8-13-23-11-4-6-15-25(23)29;;;/h3-19H,1-2H3;2*1H;/q;;;+2/p-2/b30-20+,31-21+;;;. The molecule has 3 nitrogen and oxygen atoms in total. The van der Waals surface area contributed by atoms with Crippen molar-refractivity contribution in [2.24, 2.45) is 9.98 Å². The number of pyridine rings is 1. The molecule has 6 heteroatoms. The van der Waals surface area contributed by atoms with Crippen LogP contribution >= 0.6 is 0 Å². The Morgan fingerprint density at radius 3 is 1.34 bits per heavy atom. The molecule has 0 saturated heterocycles. The first kappa shape index (κ1) is 28.2. The maximum atomic E-state index is 4.90. The summed E-state index contributed by atoms with van der Waals surface area (Å²) in [5.74, 6) is 0. The van der Waals surface area contributed by atoms with Crippen molar-refractivity contribution >= 4 is 44.3 Å². The minimum atomic E-state index is 0. The van der Waals surface area contributed by atoms with E-state index in [1.807, 2.05) is 80.6 Å². The summed E-state index contributed by atoms with van der Waals surface area (Å²) < 4.78 is 0. The quantitative estimate of drug-likeness (QED) is 0.253. The molecule has 0 unspecified atom stereocenters. The van der Waals surface area contributed by atoms with Crippen LogP contribution in [0.2, 0.25) is 0 Å². The second-order valence-electron chi connectivity index (χ2n) is 7.80. The molecule has 35 heavy (non-hydrogen) atoms. The van der Waals surface area contributed by atoms with Crippen LogP contribution in [-0.2, 0) is 17.1 Å². The molecule has 1 heterocycles. The Labute approximate surface area is 228 Å². The third kappa shape index (κ3) is 6.17. The van der Waals surface area contributed by atoms with Crippen molar-refractivity contribution in [1.82, 2.24) is 4.98 Å². The third-order valence-electron chi connectivity index (χ3n) is 5.60. The zero-order chi connectivity index (χ0) is 21.9. The van der Waals surface area contributed by atoms with Gasteiger partial charge < -0.3 is 24.8 Å². The van der Waals surface area contributed by atoms with Crippen molar-refractivity contribution in [3.05, 3.63) is 115 Å². The van der Waals surface area contributed by atoms with Gasteiger partial charge in [-0.3, -0.25) is 9.98 Å². The largest absolute Gasteiger partial charge is 2.00 e. The topological polar surface area (TPSA) is 37.6 Å². The monoisotopic (exact) mass is 539 g/mol. The van der Waals surface area contributed by atoms with Gasteiger partial charge in [0.1, 0.15) is 0 Å². The van der Waals surface area contributed by atoms with Crippen molar-refractivity contribution in [1.29, 1.82) is 0 Å². The minimum absolute atomic E-state index is 0. The smallest absolute Gasteiger partial charge is 1.00 e.